The van der Waals surface area contributed by atoms with E-state index in [4.69, 9.17) is 0 Å². The van der Waals surface area contributed by atoms with Crippen LogP contribution in [0.5, 0.6) is 0 Å². The van der Waals surface area contributed by atoms with Crippen LogP contribution in [0.2, 0.25) is 0 Å². The van der Waals surface area contributed by atoms with Crippen LogP contribution in [0.1, 0.15) is 22.7 Å². The molecule has 0 aliphatic rings. The predicted molar refractivity (Wildman–Crippen MR) is 120 cm³/mol. The van der Waals surface area contributed by atoms with Crippen LogP contribution in [0.15, 0.2) is 102 Å². The van der Waals surface area contributed by atoms with Crippen LogP contribution in [0.25, 0.3) is 10.8 Å². The number of nitrogens with one attached hydrogen (secondary N) is 1. The Morgan fingerprint density at radius 1 is 0.767 bits per heavy atom. The molecule has 30 heavy (non-hydrogen) atoms. The van der Waals surface area contributed by atoms with Gasteiger partial charge in [-0.25, -0.2) is 4.21 Å². The van der Waals surface area contributed by atoms with Gasteiger partial charge in [0.05, 0.1) is 17.4 Å². The van der Waals surface area contributed by atoms with Gasteiger partial charge in [-0.1, -0.05) is 91.0 Å². The Hall–Kier alpha value is -3.28. The Kier molecular flexibility index (Phi) is 6.02. The van der Waals surface area contributed by atoms with E-state index in [9.17, 15) is 13.6 Å². The number of hydrogen-bond donors (Lipinski definition) is 2. The third kappa shape index (κ3) is 4.32. The minimum Gasteiger partial charge on any atom is -0.345 e. The molecule has 0 aliphatic carbocycles. The maximum absolute atomic E-state index is 13.0. The van der Waals surface area contributed by atoms with Crippen molar-refractivity contribution in [2.75, 3.05) is 0 Å². The maximum Gasteiger partial charge on any atom is 0.225 e. The second-order valence-electron chi connectivity index (χ2n) is 7.02. The summed E-state index contributed by atoms with van der Waals surface area (Å²) in [5.74, 6) is -0.115. The van der Waals surface area contributed by atoms with Gasteiger partial charge in [0.1, 0.15) is 0 Å². The predicted octanol–water partition coefficient (Wildman–Crippen LogP) is 4.87. The molecule has 0 aromatic heterocycles. The summed E-state index contributed by atoms with van der Waals surface area (Å²) in [5, 5.41) is 4.65. The van der Waals surface area contributed by atoms with Crippen molar-refractivity contribution >= 4 is 27.8 Å². The van der Waals surface area contributed by atoms with Crippen LogP contribution in [0, 0.1) is 0 Å². The smallest absolute Gasteiger partial charge is 0.225 e. The molecule has 1 amide bonds. The molecule has 4 aromatic rings. The van der Waals surface area contributed by atoms with E-state index in [-0.39, 0.29) is 18.4 Å². The Morgan fingerprint density at radius 2 is 1.33 bits per heavy atom. The summed E-state index contributed by atoms with van der Waals surface area (Å²) in [4.78, 5) is 13.4. The summed E-state index contributed by atoms with van der Waals surface area (Å²) < 4.78 is 21.2. The molecule has 0 spiro atoms. The molecule has 1 unspecified atom stereocenters. The topological polar surface area (TPSA) is 66.4 Å². The van der Waals surface area contributed by atoms with E-state index in [1.165, 1.54) is 0 Å². The minimum absolute atomic E-state index is 0.115. The molecule has 0 bridgehead atoms. The summed E-state index contributed by atoms with van der Waals surface area (Å²) >= 11 is -2.08. The first-order valence-electron chi connectivity index (χ1n) is 9.64. The quantitative estimate of drug-likeness (QED) is 0.442. The fourth-order valence-electron chi connectivity index (χ4n) is 3.69. The normalized spacial score (nSPS) is 12.1. The first-order valence-corrected chi connectivity index (χ1v) is 10.7. The largest absolute Gasteiger partial charge is 0.345 e. The van der Waals surface area contributed by atoms with Crippen molar-refractivity contribution in [1.29, 1.82) is 0 Å². The number of carbonyl (C=O) groups is 1. The summed E-state index contributed by atoms with van der Waals surface area (Å²) in [7, 11) is 0. The zero-order valence-corrected chi connectivity index (χ0v) is 17.0. The third-order valence-corrected chi connectivity index (χ3v) is 5.81. The lowest BCUT2D eigenvalue weighted by atomic mass is 9.97. The van der Waals surface area contributed by atoms with Gasteiger partial charge in [-0.3, -0.25) is 4.79 Å². The van der Waals surface area contributed by atoms with Crippen LogP contribution in [0.4, 0.5) is 0 Å². The van der Waals surface area contributed by atoms with Crippen molar-refractivity contribution in [1.82, 2.24) is 5.32 Å². The monoisotopic (exact) mass is 415 g/mol. The van der Waals surface area contributed by atoms with E-state index in [0.29, 0.717) is 10.3 Å². The number of benzene rings is 4. The molecule has 4 aromatic carbocycles. The molecule has 0 radical (unpaired) electrons. The third-order valence-electron chi connectivity index (χ3n) is 5.08. The lowest BCUT2D eigenvalue weighted by Crippen LogP contribution is -2.30. The van der Waals surface area contributed by atoms with Crippen molar-refractivity contribution in [3.05, 3.63) is 114 Å². The second kappa shape index (κ2) is 9.03. The Bertz CT molecular complexity index is 1150. The van der Waals surface area contributed by atoms with Crippen molar-refractivity contribution in [2.24, 2.45) is 0 Å². The number of fused-ring (bicyclic) bond motifs is 1. The van der Waals surface area contributed by atoms with Crippen LogP contribution < -0.4 is 5.32 Å². The Balaban J connectivity index is 1.63. The SMILES string of the molecule is O=C(Cc1cccc2c(S(=O)O)cccc12)NC(c1ccccc1)c1ccccc1. The summed E-state index contributed by atoms with van der Waals surface area (Å²) in [6.45, 7) is 0. The second-order valence-corrected chi connectivity index (χ2v) is 7.95. The van der Waals surface area contributed by atoms with Gasteiger partial charge in [-0.15, -0.1) is 0 Å². The van der Waals surface area contributed by atoms with E-state index in [2.05, 4.69) is 5.32 Å². The maximum atomic E-state index is 13.0. The molecule has 4 nitrogen and oxygen atoms in total. The van der Waals surface area contributed by atoms with E-state index in [1.807, 2.05) is 78.9 Å². The summed E-state index contributed by atoms with van der Waals surface area (Å²) in [6.07, 6.45) is 0.176. The first kappa shape index (κ1) is 20.0. The van der Waals surface area contributed by atoms with Crippen LogP contribution in [0.3, 0.4) is 0 Å². The molecular weight excluding hydrogens is 394 g/mol. The van der Waals surface area contributed by atoms with Crippen molar-refractivity contribution < 1.29 is 13.6 Å². The van der Waals surface area contributed by atoms with Gasteiger partial charge in [0.2, 0.25) is 5.91 Å². The lowest BCUT2D eigenvalue weighted by molar-refractivity contribution is -0.120. The number of carbonyl (C=O) groups excluding carboxylic acids is 1. The molecule has 150 valence electrons. The standard InChI is InChI=1S/C25H21NO3S/c27-24(17-20-13-7-15-22-21(20)14-8-16-23(22)30(28)29)26-25(18-9-3-1-4-10-18)19-11-5-2-6-12-19/h1-16,25H,17H2,(H,26,27)(H,28,29). The molecular formula is C25H21NO3S. The fraction of sp³-hybridized carbons (Fsp3) is 0.0800. The number of amides is 1. The lowest BCUT2D eigenvalue weighted by Gasteiger charge is -2.20. The Morgan fingerprint density at radius 3 is 1.93 bits per heavy atom. The van der Waals surface area contributed by atoms with Gasteiger partial charge in [0.15, 0.2) is 11.1 Å². The van der Waals surface area contributed by atoms with Gasteiger partial charge in [-0.05, 0) is 28.1 Å². The average Bonchev–Trinajstić information content (AvgIpc) is 2.78. The summed E-state index contributed by atoms with van der Waals surface area (Å²) in [6, 6.07) is 30.2. The highest BCUT2D eigenvalue weighted by Gasteiger charge is 2.18. The van der Waals surface area contributed by atoms with Crippen LogP contribution in [-0.2, 0) is 22.3 Å². The fourth-order valence-corrected chi connectivity index (χ4v) is 4.25. The van der Waals surface area contributed by atoms with Gasteiger partial charge in [-0.2, -0.15) is 0 Å². The van der Waals surface area contributed by atoms with Gasteiger partial charge < -0.3 is 9.87 Å². The highest BCUT2D eigenvalue weighted by atomic mass is 32.2. The molecule has 0 fully saturated rings. The highest BCUT2D eigenvalue weighted by molar-refractivity contribution is 7.79. The molecule has 1 atom stereocenters. The number of hydrogen-bond acceptors (Lipinski definition) is 2. The minimum atomic E-state index is -2.08. The molecule has 4 rings (SSSR count). The van der Waals surface area contributed by atoms with Crippen molar-refractivity contribution in [2.45, 2.75) is 17.4 Å². The summed E-state index contributed by atoms with van der Waals surface area (Å²) in [5.41, 5.74) is 2.83. The van der Waals surface area contributed by atoms with Gasteiger partial charge in [0.25, 0.3) is 0 Å². The van der Waals surface area contributed by atoms with E-state index in [0.717, 1.165) is 22.1 Å². The average molecular weight is 416 g/mol. The molecule has 5 heteroatoms. The highest BCUT2D eigenvalue weighted by Crippen LogP contribution is 2.26. The van der Waals surface area contributed by atoms with Crippen molar-refractivity contribution in [3.63, 3.8) is 0 Å². The van der Waals surface area contributed by atoms with Crippen molar-refractivity contribution in [3.8, 4) is 0 Å². The zero-order valence-electron chi connectivity index (χ0n) is 16.2. The first-order chi connectivity index (χ1) is 14.6. The van der Waals surface area contributed by atoms with Gasteiger partial charge >= 0.3 is 0 Å². The van der Waals surface area contributed by atoms with Crippen LogP contribution >= 0.6 is 0 Å². The molecule has 2 N–H and O–H groups in total. The van der Waals surface area contributed by atoms with E-state index < -0.39 is 11.1 Å². The van der Waals surface area contributed by atoms with Gasteiger partial charge in [0, 0.05) is 5.39 Å². The number of rotatable bonds is 6. The van der Waals surface area contributed by atoms with E-state index >= 15 is 0 Å². The molecule has 0 aliphatic heterocycles. The molecule has 0 saturated carbocycles. The molecule has 0 saturated heterocycles. The zero-order chi connectivity index (χ0) is 20.9. The Labute approximate surface area is 177 Å². The molecule has 0 heterocycles. The van der Waals surface area contributed by atoms with E-state index in [1.54, 1.807) is 18.2 Å². The van der Waals surface area contributed by atoms with Crippen LogP contribution in [-0.4, -0.2) is 14.7 Å².